The van der Waals surface area contributed by atoms with Crippen molar-refractivity contribution < 1.29 is 14.4 Å². The van der Waals surface area contributed by atoms with Crippen LogP contribution < -0.4 is 11.1 Å². The van der Waals surface area contributed by atoms with Gasteiger partial charge in [-0.2, -0.15) is 0 Å². The van der Waals surface area contributed by atoms with Crippen molar-refractivity contribution in [3.8, 4) is 0 Å². The van der Waals surface area contributed by atoms with Crippen molar-refractivity contribution in [3.63, 3.8) is 0 Å². The molecule has 1 aromatic carbocycles. The maximum absolute atomic E-state index is 12.0. The average molecular weight is 356 g/mol. The van der Waals surface area contributed by atoms with Crippen molar-refractivity contribution in [1.82, 2.24) is 4.90 Å². The van der Waals surface area contributed by atoms with Crippen LogP contribution in [0.15, 0.2) is 54.7 Å². The molecule has 0 heterocycles. The standard InChI is InChI=1S/C19H24N4O3/c1-3-10-23(11-4-2)17(24)13-26-22-18(20)15-6-5-7-16(12-15)21-19(25)14-8-9-14/h3-7,12,14H,1-2,8-11,13H2,(H2,20,22)(H,21,25). The van der Waals surface area contributed by atoms with Crippen molar-refractivity contribution >= 4 is 23.3 Å². The van der Waals surface area contributed by atoms with Crippen LogP contribution >= 0.6 is 0 Å². The summed E-state index contributed by atoms with van der Waals surface area (Å²) in [5.74, 6) is 0.0169. The van der Waals surface area contributed by atoms with Crippen LogP contribution in [0.4, 0.5) is 5.69 Å². The lowest BCUT2D eigenvalue weighted by Crippen LogP contribution is -2.34. The Kier molecular flexibility index (Phi) is 6.96. The average Bonchev–Trinajstić information content (AvgIpc) is 3.46. The highest BCUT2D eigenvalue weighted by atomic mass is 16.6. The lowest BCUT2D eigenvalue weighted by molar-refractivity contribution is -0.135. The van der Waals surface area contributed by atoms with E-state index in [9.17, 15) is 9.59 Å². The fourth-order valence-electron chi connectivity index (χ4n) is 2.24. The molecule has 26 heavy (non-hydrogen) atoms. The second-order valence-electron chi connectivity index (χ2n) is 5.97. The predicted octanol–water partition coefficient (Wildman–Crippen LogP) is 1.87. The molecule has 3 N–H and O–H groups in total. The third-order valence-electron chi connectivity index (χ3n) is 3.78. The zero-order valence-electron chi connectivity index (χ0n) is 14.7. The zero-order chi connectivity index (χ0) is 18.9. The largest absolute Gasteiger partial charge is 0.384 e. The van der Waals surface area contributed by atoms with E-state index in [2.05, 4.69) is 23.6 Å². The van der Waals surface area contributed by atoms with Gasteiger partial charge in [-0.25, -0.2) is 0 Å². The normalized spacial score (nSPS) is 13.6. The number of rotatable bonds is 10. The molecule has 0 radical (unpaired) electrons. The summed E-state index contributed by atoms with van der Waals surface area (Å²) < 4.78 is 0. The van der Waals surface area contributed by atoms with Gasteiger partial charge in [0.1, 0.15) is 0 Å². The van der Waals surface area contributed by atoms with Crippen LogP contribution in [0.1, 0.15) is 18.4 Å². The Morgan fingerprint density at radius 3 is 2.62 bits per heavy atom. The first-order valence-electron chi connectivity index (χ1n) is 8.41. The smallest absolute Gasteiger partial charge is 0.263 e. The Labute approximate surface area is 153 Å². The minimum Gasteiger partial charge on any atom is -0.384 e. The third kappa shape index (κ3) is 5.77. The van der Waals surface area contributed by atoms with Crippen molar-refractivity contribution in [2.45, 2.75) is 12.8 Å². The maximum Gasteiger partial charge on any atom is 0.263 e. The van der Waals surface area contributed by atoms with E-state index in [-0.39, 0.29) is 30.2 Å². The second-order valence-corrected chi connectivity index (χ2v) is 5.97. The number of oxime groups is 1. The molecule has 0 spiro atoms. The molecule has 0 aliphatic heterocycles. The van der Waals surface area contributed by atoms with E-state index in [0.717, 1.165) is 12.8 Å². The molecule has 1 aliphatic carbocycles. The highest BCUT2D eigenvalue weighted by molar-refractivity contribution is 5.99. The van der Waals surface area contributed by atoms with Gasteiger partial charge in [0.2, 0.25) is 5.91 Å². The molecule has 7 nitrogen and oxygen atoms in total. The summed E-state index contributed by atoms with van der Waals surface area (Å²) >= 11 is 0. The number of anilines is 1. The Morgan fingerprint density at radius 1 is 1.31 bits per heavy atom. The maximum atomic E-state index is 12.0. The van der Waals surface area contributed by atoms with Crippen LogP contribution in [0.5, 0.6) is 0 Å². The van der Waals surface area contributed by atoms with E-state index in [1.807, 2.05) is 0 Å². The number of amides is 2. The van der Waals surface area contributed by atoms with Gasteiger partial charge in [0.15, 0.2) is 12.4 Å². The minimum atomic E-state index is -0.244. The van der Waals surface area contributed by atoms with Gasteiger partial charge in [-0.3, -0.25) is 9.59 Å². The molecule has 0 atom stereocenters. The van der Waals surface area contributed by atoms with Gasteiger partial charge in [-0.15, -0.1) is 13.2 Å². The second kappa shape index (κ2) is 9.41. The molecule has 0 unspecified atom stereocenters. The summed E-state index contributed by atoms with van der Waals surface area (Å²) in [4.78, 5) is 30.5. The fourth-order valence-corrected chi connectivity index (χ4v) is 2.24. The van der Waals surface area contributed by atoms with Gasteiger partial charge >= 0.3 is 0 Å². The van der Waals surface area contributed by atoms with Gasteiger partial charge in [0, 0.05) is 30.3 Å². The molecule has 1 fully saturated rings. The molecule has 2 amide bonds. The summed E-state index contributed by atoms with van der Waals surface area (Å²) in [5.41, 5.74) is 7.15. The number of carbonyl (C=O) groups excluding carboxylic acids is 2. The quantitative estimate of drug-likeness (QED) is 0.289. The Morgan fingerprint density at radius 2 is 2.00 bits per heavy atom. The van der Waals surface area contributed by atoms with Crippen molar-refractivity contribution in [2.75, 3.05) is 25.0 Å². The molecular weight excluding hydrogens is 332 g/mol. The zero-order valence-corrected chi connectivity index (χ0v) is 14.7. The molecule has 1 saturated carbocycles. The molecule has 0 aromatic heterocycles. The van der Waals surface area contributed by atoms with Crippen LogP contribution in [-0.4, -0.2) is 42.2 Å². The lowest BCUT2D eigenvalue weighted by atomic mass is 10.2. The first kappa shape index (κ1) is 19.2. The van der Waals surface area contributed by atoms with E-state index >= 15 is 0 Å². The van der Waals surface area contributed by atoms with E-state index in [1.165, 1.54) is 4.90 Å². The van der Waals surface area contributed by atoms with Gasteiger partial charge in [-0.1, -0.05) is 29.4 Å². The summed E-state index contributed by atoms with van der Waals surface area (Å²) in [7, 11) is 0. The highest BCUT2D eigenvalue weighted by Gasteiger charge is 2.29. The Balaban J connectivity index is 1.91. The molecule has 1 aliphatic rings. The van der Waals surface area contributed by atoms with Gasteiger partial charge in [0.05, 0.1) is 0 Å². The Hall–Kier alpha value is -3.09. The van der Waals surface area contributed by atoms with E-state index in [4.69, 9.17) is 10.6 Å². The molecule has 1 aromatic rings. The fraction of sp³-hybridized carbons (Fsp3) is 0.316. The number of amidine groups is 1. The van der Waals surface area contributed by atoms with Crippen LogP contribution in [-0.2, 0) is 14.4 Å². The molecule has 2 rings (SSSR count). The number of hydrogen-bond donors (Lipinski definition) is 2. The molecule has 7 heteroatoms. The molecule has 0 saturated heterocycles. The summed E-state index contributed by atoms with van der Waals surface area (Å²) in [5, 5.41) is 6.63. The van der Waals surface area contributed by atoms with E-state index in [0.29, 0.717) is 24.3 Å². The highest BCUT2D eigenvalue weighted by Crippen LogP contribution is 2.30. The SMILES string of the molecule is C=CCN(CC=C)C(=O)CO/N=C(/N)c1cccc(NC(=O)C2CC2)c1. The third-order valence-corrected chi connectivity index (χ3v) is 3.78. The number of hydrogen-bond acceptors (Lipinski definition) is 4. The van der Waals surface area contributed by atoms with Gasteiger partial charge < -0.3 is 20.8 Å². The minimum absolute atomic E-state index is 0.0176. The Bertz CT molecular complexity index is 700. The van der Waals surface area contributed by atoms with Crippen LogP contribution in [0.2, 0.25) is 0 Å². The molecule has 138 valence electrons. The topological polar surface area (TPSA) is 97.0 Å². The van der Waals surface area contributed by atoms with Gasteiger partial charge in [0.25, 0.3) is 5.91 Å². The first-order chi connectivity index (χ1) is 12.5. The van der Waals surface area contributed by atoms with Crippen LogP contribution in [0.25, 0.3) is 0 Å². The summed E-state index contributed by atoms with van der Waals surface area (Å²) in [6.45, 7) is 7.78. The van der Waals surface area contributed by atoms with Crippen molar-refractivity contribution in [2.24, 2.45) is 16.8 Å². The first-order valence-corrected chi connectivity index (χ1v) is 8.41. The number of nitrogens with two attached hydrogens (primary N) is 1. The van der Waals surface area contributed by atoms with Crippen molar-refractivity contribution in [3.05, 3.63) is 55.1 Å². The summed E-state index contributed by atoms with van der Waals surface area (Å²) in [6, 6.07) is 7.01. The number of nitrogens with one attached hydrogen (secondary N) is 1. The van der Waals surface area contributed by atoms with E-state index < -0.39 is 0 Å². The summed E-state index contributed by atoms with van der Waals surface area (Å²) in [6.07, 6.45) is 5.12. The number of carbonyl (C=O) groups is 2. The molecular formula is C19H24N4O3. The predicted molar refractivity (Wildman–Crippen MR) is 101 cm³/mol. The lowest BCUT2D eigenvalue weighted by Gasteiger charge is -2.18. The van der Waals surface area contributed by atoms with Crippen molar-refractivity contribution in [1.29, 1.82) is 0 Å². The monoisotopic (exact) mass is 356 g/mol. The number of benzene rings is 1. The van der Waals surface area contributed by atoms with Crippen LogP contribution in [0, 0.1) is 5.92 Å². The van der Waals surface area contributed by atoms with E-state index in [1.54, 1.807) is 36.4 Å². The number of nitrogens with zero attached hydrogens (tertiary/aromatic N) is 2. The molecule has 0 bridgehead atoms. The van der Waals surface area contributed by atoms with Gasteiger partial charge in [-0.05, 0) is 25.0 Å². The van der Waals surface area contributed by atoms with Crippen LogP contribution in [0.3, 0.4) is 0 Å².